The predicted molar refractivity (Wildman–Crippen MR) is 73.4 cm³/mol. The lowest BCUT2D eigenvalue weighted by Crippen LogP contribution is -2.33. The number of nitro groups is 1. The topological polar surface area (TPSA) is 102 Å². The monoisotopic (exact) mass is 263 g/mol. The average molecular weight is 263 g/mol. The van der Waals surface area contributed by atoms with E-state index in [9.17, 15) is 15.2 Å². The lowest BCUT2D eigenvalue weighted by molar-refractivity contribution is -0.527. The number of nitrogens with two attached hydrogens (primary N) is 1. The largest absolute Gasteiger partial charge is 0.404 e. The zero-order valence-electron chi connectivity index (χ0n) is 10.6. The van der Waals surface area contributed by atoms with Crippen LogP contribution < -0.4 is 5.73 Å². The smallest absolute Gasteiger partial charge is 0.240 e. The van der Waals surface area contributed by atoms with E-state index in [1.165, 1.54) is 13.1 Å². The third kappa shape index (κ3) is 4.51. The van der Waals surface area contributed by atoms with Crippen LogP contribution in [0.15, 0.2) is 47.1 Å². The van der Waals surface area contributed by atoms with E-state index in [0.717, 1.165) is 11.8 Å². The third-order valence-electron chi connectivity index (χ3n) is 2.68. The van der Waals surface area contributed by atoms with E-state index < -0.39 is 17.1 Å². The molecule has 0 aliphatic carbocycles. The molecule has 2 atom stereocenters. The molecule has 3 N–H and O–H groups in total. The van der Waals surface area contributed by atoms with Gasteiger partial charge in [-0.25, -0.2) is 0 Å². The lowest BCUT2D eigenvalue weighted by Gasteiger charge is -2.12. The standard InChI is InChI=1S/C13H17N3O3/c1-10(16(18)19)13(17)12(7-14)9-15-8-11-5-3-2-4-6-11/h2-7,9-10,13,17H,8,14H2,1H3/b12-7+,15-9?. The first-order valence-corrected chi connectivity index (χ1v) is 5.83. The van der Waals surface area contributed by atoms with Crippen molar-refractivity contribution < 1.29 is 10.0 Å². The summed E-state index contributed by atoms with van der Waals surface area (Å²) in [5, 5.41) is 20.4. The first kappa shape index (κ1) is 14.8. The quantitative estimate of drug-likeness (QED) is 0.456. The van der Waals surface area contributed by atoms with E-state index in [2.05, 4.69) is 4.99 Å². The van der Waals surface area contributed by atoms with E-state index in [4.69, 9.17) is 5.73 Å². The SMILES string of the molecule is CC(C(O)/C(C=NCc1ccccc1)=C/N)[N+](=O)[O-]. The molecular formula is C13H17N3O3. The Morgan fingerprint density at radius 2 is 2.16 bits per heavy atom. The van der Waals surface area contributed by atoms with Crippen LogP contribution in [-0.2, 0) is 6.54 Å². The van der Waals surface area contributed by atoms with E-state index in [0.29, 0.717) is 6.54 Å². The van der Waals surface area contributed by atoms with E-state index in [1.54, 1.807) is 0 Å². The molecule has 19 heavy (non-hydrogen) atoms. The van der Waals surface area contributed by atoms with Crippen LogP contribution in [0, 0.1) is 10.1 Å². The molecule has 0 saturated heterocycles. The van der Waals surface area contributed by atoms with Crippen molar-refractivity contribution in [2.75, 3.05) is 0 Å². The molecule has 1 aromatic rings. The van der Waals surface area contributed by atoms with Crippen LogP contribution in [0.3, 0.4) is 0 Å². The minimum atomic E-state index is -1.26. The molecule has 0 bridgehead atoms. The number of hydrogen-bond donors (Lipinski definition) is 2. The zero-order valence-corrected chi connectivity index (χ0v) is 10.6. The van der Waals surface area contributed by atoms with Crippen molar-refractivity contribution >= 4 is 6.21 Å². The van der Waals surface area contributed by atoms with E-state index >= 15 is 0 Å². The Morgan fingerprint density at radius 3 is 2.68 bits per heavy atom. The second-order valence-electron chi connectivity index (χ2n) is 4.09. The summed E-state index contributed by atoms with van der Waals surface area (Å²) in [6, 6.07) is 8.40. The number of aliphatic hydroxyl groups is 1. The lowest BCUT2D eigenvalue weighted by atomic mass is 10.1. The van der Waals surface area contributed by atoms with Crippen molar-refractivity contribution in [1.29, 1.82) is 0 Å². The molecule has 0 amide bonds. The maximum Gasteiger partial charge on any atom is 0.240 e. The molecule has 0 aromatic heterocycles. The molecule has 0 saturated carbocycles. The molecule has 0 spiro atoms. The number of aliphatic hydroxyl groups excluding tert-OH is 1. The summed E-state index contributed by atoms with van der Waals surface area (Å²) in [4.78, 5) is 14.2. The normalized spacial score (nSPS) is 15.4. The number of benzene rings is 1. The molecule has 1 rings (SSSR count). The first-order chi connectivity index (χ1) is 9.06. The van der Waals surface area contributed by atoms with Crippen LogP contribution in [0.4, 0.5) is 0 Å². The minimum absolute atomic E-state index is 0.236. The number of hydrogen-bond acceptors (Lipinski definition) is 5. The fraction of sp³-hybridized carbons (Fsp3) is 0.308. The molecule has 0 aliphatic heterocycles. The van der Waals surface area contributed by atoms with E-state index in [-0.39, 0.29) is 5.57 Å². The fourth-order valence-corrected chi connectivity index (χ4v) is 1.45. The Labute approximate surface area is 111 Å². The van der Waals surface area contributed by atoms with Crippen molar-refractivity contribution in [2.45, 2.75) is 25.6 Å². The van der Waals surface area contributed by atoms with Crippen molar-refractivity contribution in [1.82, 2.24) is 0 Å². The molecule has 0 fully saturated rings. The van der Waals surface area contributed by atoms with Crippen LogP contribution in [0.2, 0.25) is 0 Å². The van der Waals surface area contributed by atoms with Gasteiger partial charge in [-0.1, -0.05) is 30.3 Å². The molecule has 6 nitrogen and oxygen atoms in total. The maximum atomic E-state index is 10.6. The van der Waals surface area contributed by atoms with Crippen molar-refractivity contribution in [3.63, 3.8) is 0 Å². The van der Waals surface area contributed by atoms with Gasteiger partial charge >= 0.3 is 0 Å². The van der Waals surface area contributed by atoms with Gasteiger partial charge in [0.2, 0.25) is 6.04 Å². The molecule has 0 radical (unpaired) electrons. The van der Waals surface area contributed by atoms with Crippen LogP contribution >= 0.6 is 0 Å². The highest BCUT2D eigenvalue weighted by Gasteiger charge is 2.26. The third-order valence-corrected chi connectivity index (χ3v) is 2.68. The van der Waals surface area contributed by atoms with Crippen LogP contribution in [0.25, 0.3) is 0 Å². The van der Waals surface area contributed by atoms with Gasteiger partial charge in [-0.2, -0.15) is 0 Å². The van der Waals surface area contributed by atoms with Gasteiger partial charge in [0.25, 0.3) is 0 Å². The summed E-state index contributed by atoms with van der Waals surface area (Å²) in [6.07, 6.45) is 1.25. The Balaban J connectivity index is 2.65. The second-order valence-corrected chi connectivity index (χ2v) is 4.09. The Hall–Kier alpha value is -2.21. The summed E-state index contributed by atoms with van der Waals surface area (Å²) in [5.41, 5.74) is 6.60. The van der Waals surface area contributed by atoms with Crippen LogP contribution in [0.5, 0.6) is 0 Å². The minimum Gasteiger partial charge on any atom is -0.404 e. The summed E-state index contributed by atoms with van der Waals surface area (Å²) < 4.78 is 0. The molecule has 0 aliphatic rings. The molecule has 6 heteroatoms. The van der Waals surface area contributed by atoms with Gasteiger partial charge in [0.1, 0.15) is 6.10 Å². The van der Waals surface area contributed by atoms with Gasteiger partial charge in [-0.3, -0.25) is 15.1 Å². The second kappa shape index (κ2) is 7.27. The van der Waals surface area contributed by atoms with Gasteiger partial charge in [0.15, 0.2) is 0 Å². The highest BCUT2D eigenvalue weighted by molar-refractivity contribution is 5.79. The highest BCUT2D eigenvalue weighted by atomic mass is 16.6. The Kier molecular flexibility index (Phi) is 5.69. The summed E-state index contributed by atoms with van der Waals surface area (Å²) in [5.74, 6) is 0. The molecule has 0 heterocycles. The average Bonchev–Trinajstić information content (AvgIpc) is 2.43. The van der Waals surface area contributed by atoms with Gasteiger partial charge in [0.05, 0.1) is 6.54 Å². The van der Waals surface area contributed by atoms with Crippen molar-refractivity contribution in [3.05, 3.63) is 57.8 Å². The van der Waals surface area contributed by atoms with Crippen molar-refractivity contribution in [3.8, 4) is 0 Å². The van der Waals surface area contributed by atoms with Crippen LogP contribution in [-0.4, -0.2) is 28.4 Å². The first-order valence-electron chi connectivity index (χ1n) is 5.83. The van der Waals surface area contributed by atoms with Crippen LogP contribution in [0.1, 0.15) is 12.5 Å². The van der Waals surface area contributed by atoms with Gasteiger partial charge in [-0.05, 0) is 5.56 Å². The van der Waals surface area contributed by atoms with E-state index in [1.807, 2.05) is 30.3 Å². The summed E-state index contributed by atoms with van der Waals surface area (Å²) in [6.45, 7) is 1.75. The Morgan fingerprint density at radius 1 is 1.53 bits per heavy atom. The highest BCUT2D eigenvalue weighted by Crippen LogP contribution is 2.07. The number of nitrogens with zero attached hydrogens (tertiary/aromatic N) is 2. The zero-order chi connectivity index (χ0) is 14.3. The predicted octanol–water partition coefficient (Wildman–Crippen LogP) is 1.13. The Bertz CT molecular complexity index is 471. The number of rotatable bonds is 6. The molecule has 102 valence electrons. The summed E-state index contributed by atoms with van der Waals surface area (Å²) >= 11 is 0. The molecule has 1 aromatic carbocycles. The van der Waals surface area contributed by atoms with Gasteiger partial charge in [0, 0.05) is 29.8 Å². The fourth-order valence-electron chi connectivity index (χ4n) is 1.45. The van der Waals surface area contributed by atoms with Gasteiger partial charge < -0.3 is 10.8 Å². The van der Waals surface area contributed by atoms with Crippen molar-refractivity contribution in [2.24, 2.45) is 10.7 Å². The molecular weight excluding hydrogens is 246 g/mol. The molecule has 2 unspecified atom stereocenters. The number of aliphatic imine (C=N–C) groups is 1. The summed E-state index contributed by atoms with van der Waals surface area (Å²) in [7, 11) is 0. The van der Waals surface area contributed by atoms with Gasteiger partial charge in [-0.15, -0.1) is 0 Å². The maximum absolute atomic E-state index is 10.6.